The Morgan fingerprint density at radius 1 is 1.38 bits per heavy atom. The van der Waals surface area contributed by atoms with Crippen LogP contribution in [0.25, 0.3) is 0 Å². The molecule has 2 nitrogen and oxygen atoms in total. The molecule has 1 atom stereocenters. The van der Waals surface area contributed by atoms with Crippen molar-refractivity contribution in [2.24, 2.45) is 0 Å². The number of rotatable bonds is 2. The molecule has 0 aliphatic rings. The number of benzene rings is 1. The summed E-state index contributed by atoms with van der Waals surface area (Å²) < 4.78 is 25.5. The first-order valence-electron chi connectivity index (χ1n) is 3.76. The molecule has 13 heavy (non-hydrogen) atoms. The van der Waals surface area contributed by atoms with Gasteiger partial charge in [-0.2, -0.15) is 0 Å². The predicted molar refractivity (Wildman–Crippen MR) is 43.0 cm³/mol. The van der Waals surface area contributed by atoms with E-state index in [9.17, 15) is 13.9 Å². The van der Waals surface area contributed by atoms with Crippen LogP contribution < -0.4 is 0 Å². The van der Waals surface area contributed by atoms with E-state index in [1.54, 1.807) is 0 Å². The molecular formula is C9H10F2O2. The quantitative estimate of drug-likeness (QED) is 0.731. The molecule has 0 aromatic heterocycles. The Bertz CT molecular complexity index is 310. The van der Waals surface area contributed by atoms with Crippen molar-refractivity contribution in [3.63, 3.8) is 0 Å². The molecule has 1 aromatic carbocycles. The molecule has 1 aromatic rings. The monoisotopic (exact) mass is 188 g/mol. The maximum Gasteiger partial charge on any atom is 0.132 e. The van der Waals surface area contributed by atoms with Gasteiger partial charge in [-0.25, -0.2) is 8.78 Å². The maximum absolute atomic E-state index is 13.0. The van der Waals surface area contributed by atoms with Crippen molar-refractivity contribution in [1.82, 2.24) is 0 Å². The summed E-state index contributed by atoms with van der Waals surface area (Å²) in [5, 5.41) is 18.2. The fourth-order valence-electron chi connectivity index (χ4n) is 1.01. The van der Waals surface area contributed by atoms with Crippen LogP contribution in [0.1, 0.15) is 12.5 Å². The van der Waals surface area contributed by atoms with Gasteiger partial charge in [-0.05, 0) is 13.0 Å². The van der Waals surface area contributed by atoms with E-state index in [1.165, 1.54) is 6.92 Å². The van der Waals surface area contributed by atoms with Gasteiger partial charge in [-0.3, -0.25) is 0 Å². The molecule has 0 amide bonds. The highest BCUT2D eigenvalue weighted by atomic mass is 19.1. The van der Waals surface area contributed by atoms with Crippen LogP contribution in [0.15, 0.2) is 18.2 Å². The Labute approximate surface area is 74.4 Å². The summed E-state index contributed by atoms with van der Waals surface area (Å²) >= 11 is 0. The zero-order chi connectivity index (χ0) is 10.1. The van der Waals surface area contributed by atoms with Crippen molar-refractivity contribution < 1.29 is 19.0 Å². The molecule has 0 fully saturated rings. The number of aliphatic hydroxyl groups is 2. The molecule has 2 N–H and O–H groups in total. The Morgan fingerprint density at radius 3 is 2.46 bits per heavy atom. The highest BCUT2D eigenvalue weighted by Gasteiger charge is 2.25. The van der Waals surface area contributed by atoms with Crippen LogP contribution in [-0.2, 0) is 5.60 Å². The summed E-state index contributed by atoms with van der Waals surface area (Å²) in [5.41, 5.74) is -1.78. The van der Waals surface area contributed by atoms with Gasteiger partial charge in [0.15, 0.2) is 0 Å². The standard InChI is InChI=1S/C9H10F2O2/c1-9(13,5-12)7-3-2-6(10)4-8(7)11/h2-4,12-13H,5H2,1H3/t9-/m0/s1. The van der Waals surface area contributed by atoms with Crippen LogP contribution in [0, 0.1) is 11.6 Å². The minimum atomic E-state index is -1.67. The zero-order valence-corrected chi connectivity index (χ0v) is 7.09. The van der Waals surface area contributed by atoms with Crippen LogP contribution in [0.2, 0.25) is 0 Å². The lowest BCUT2D eigenvalue weighted by atomic mass is 9.96. The van der Waals surface area contributed by atoms with Crippen LogP contribution in [0.3, 0.4) is 0 Å². The van der Waals surface area contributed by atoms with Crippen molar-refractivity contribution in [2.45, 2.75) is 12.5 Å². The summed E-state index contributed by atoms with van der Waals surface area (Å²) in [4.78, 5) is 0. The molecule has 72 valence electrons. The summed E-state index contributed by atoms with van der Waals surface area (Å²) in [7, 11) is 0. The van der Waals surface area contributed by atoms with E-state index in [4.69, 9.17) is 5.11 Å². The van der Waals surface area contributed by atoms with E-state index in [0.717, 1.165) is 12.1 Å². The molecule has 0 unspecified atom stereocenters. The lowest BCUT2D eigenvalue weighted by Crippen LogP contribution is -2.27. The molecular weight excluding hydrogens is 178 g/mol. The number of halogens is 2. The average Bonchev–Trinajstić information content (AvgIpc) is 2.03. The SMILES string of the molecule is C[C@](O)(CO)c1ccc(F)cc1F. The average molecular weight is 188 g/mol. The Kier molecular flexibility index (Phi) is 2.63. The third kappa shape index (κ3) is 2.02. The molecule has 4 heteroatoms. The van der Waals surface area contributed by atoms with E-state index in [0.29, 0.717) is 6.07 Å². The summed E-state index contributed by atoms with van der Waals surface area (Å²) in [6, 6.07) is 2.81. The Balaban J connectivity index is 3.16. The fraction of sp³-hybridized carbons (Fsp3) is 0.333. The van der Waals surface area contributed by atoms with Crippen molar-refractivity contribution in [1.29, 1.82) is 0 Å². The summed E-state index contributed by atoms with van der Waals surface area (Å²) in [6.07, 6.45) is 0. The van der Waals surface area contributed by atoms with Crippen molar-refractivity contribution >= 4 is 0 Å². The molecule has 0 saturated carbocycles. The third-order valence-corrected chi connectivity index (χ3v) is 1.82. The fourth-order valence-corrected chi connectivity index (χ4v) is 1.01. The predicted octanol–water partition coefficient (Wildman–Crippen LogP) is 1.16. The minimum Gasteiger partial charge on any atom is -0.393 e. The molecule has 0 spiro atoms. The number of aliphatic hydroxyl groups excluding tert-OH is 1. The van der Waals surface area contributed by atoms with E-state index in [-0.39, 0.29) is 5.56 Å². The first kappa shape index (κ1) is 10.1. The minimum absolute atomic E-state index is 0.114. The van der Waals surface area contributed by atoms with Crippen molar-refractivity contribution in [3.8, 4) is 0 Å². The van der Waals surface area contributed by atoms with Gasteiger partial charge in [-0.15, -0.1) is 0 Å². The third-order valence-electron chi connectivity index (χ3n) is 1.82. The van der Waals surface area contributed by atoms with Gasteiger partial charge in [0.2, 0.25) is 0 Å². The molecule has 0 saturated heterocycles. The van der Waals surface area contributed by atoms with Crippen LogP contribution in [0.4, 0.5) is 8.78 Å². The summed E-state index contributed by atoms with van der Waals surface area (Å²) in [6.45, 7) is 0.638. The van der Waals surface area contributed by atoms with E-state index >= 15 is 0 Å². The Morgan fingerprint density at radius 2 is 2.00 bits per heavy atom. The van der Waals surface area contributed by atoms with Gasteiger partial charge in [0.25, 0.3) is 0 Å². The topological polar surface area (TPSA) is 40.5 Å². The van der Waals surface area contributed by atoms with Gasteiger partial charge in [0.05, 0.1) is 6.61 Å². The van der Waals surface area contributed by atoms with Crippen LogP contribution >= 0.6 is 0 Å². The molecule has 0 radical (unpaired) electrons. The Hall–Kier alpha value is -1.00. The van der Waals surface area contributed by atoms with Gasteiger partial charge in [0, 0.05) is 11.6 Å². The lowest BCUT2D eigenvalue weighted by molar-refractivity contribution is -0.00514. The molecule has 0 heterocycles. The second-order valence-corrected chi connectivity index (χ2v) is 3.06. The highest BCUT2D eigenvalue weighted by molar-refractivity contribution is 5.24. The zero-order valence-electron chi connectivity index (χ0n) is 7.09. The smallest absolute Gasteiger partial charge is 0.132 e. The number of hydrogen-bond acceptors (Lipinski definition) is 2. The molecule has 0 aliphatic heterocycles. The molecule has 0 aliphatic carbocycles. The largest absolute Gasteiger partial charge is 0.393 e. The van der Waals surface area contributed by atoms with E-state index < -0.39 is 23.8 Å². The maximum atomic E-state index is 13.0. The van der Waals surface area contributed by atoms with Gasteiger partial charge in [-0.1, -0.05) is 6.07 Å². The van der Waals surface area contributed by atoms with Gasteiger partial charge < -0.3 is 10.2 Å². The van der Waals surface area contributed by atoms with Crippen molar-refractivity contribution in [2.75, 3.05) is 6.61 Å². The summed E-state index contributed by atoms with van der Waals surface area (Å²) in [5.74, 6) is -1.57. The molecule has 1 rings (SSSR count). The van der Waals surface area contributed by atoms with Crippen molar-refractivity contribution in [3.05, 3.63) is 35.4 Å². The number of hydrogen-bond donors (Lipinski definition) is 2. The van der Waals surface area contributed by atoms with Crippen LogP contribution in [-0.4, -0.2) is 16.8 Å². The first-order valence-corrected chi connectivity index (χ1v) is 3.76. The first-order chi connectivity index (χ1) is 5.97. The lowest BCUT2D eigenvalue weighted by Gasteiger charge is -2.21. The van der Waals surface area contributed by atoms with E-state index in [1.807, 2.05) is 0 Å². The van der Waals surface area contributed by atoms with Crippen LogP contribution in [0.5, 0.6) is 0 Å². The second-order valence-electron chi connectivity index (χ2n) is 3.06. The van der Waals surface area contributed by atoms with Gasteiger partial charge >= 0.3 is 0 Å². The van der Waals surface area contributed by atoms with E-state index in [2.05, 4.69) is 0 Å². The van der Waals surface area contributed by atoms with Gasteiger partial charge in [0.1, 0.15) is 17.2 Å². The highest BCUT2D eigenvalue weighted by Crippen LogP contribution is 2.23. The normalized spacial score (nSPS) is 15.5. The molecule has 0 bridgehead atoms. The second kappa shape index (κ2) is 3.40.